The lowest BCUT2D eigenvalue weighted by atomic mass is 10.1. The van der Waals surface area contributed by atoms with E-state index >= 15 is 0 Å². The second-order valence-corrected chi connectivity index (χ2v) is 4.49. The number of ether oxygens (including phenoxy) is 1. The summed E-state index contributed by atoms with van der Waals surface area (Å²) in [4.78, 5) is 8.94. The third kappa shape index (κ3) is 2.90. The summed E-state index contributed by atoms with van der Waals surface area (Å²) in [5, 5.41) is 0. The van der Waals surface area contributed by atoms with E-state index in [0.29, 0.717) is 18.2 Å². The van der Waals surface area contributed by atoms with Gasteiger partial charge in [0.05, 0.1) is 6.61 Å². The number of methoxy groups -OCH3 is 1. The Morgan fingerprint density at radius 2 is 1.84 bits per heavy atom. The molecule has 100 valence electrons. The number of anilines is 1. The molecule has 4 heteroatoms. The molecule has 0 bridgehead atoms. The van der Waals surface area contributed by atoms with Crippen molar-refractivity contribution in [2.75, 3.05) is 12.8 Å². The minimum atomic E-state index is 0.558. The molecule has 0 saturated carbocycles. The Hall–Kier alpha value is -1.94. The van der Waals surface area contributed by atoms with E-state index < -0.39 is 0 Å². The number of aryl methyl sites for hydroxylation is 1. The Balaban J connectivity index is 2.38. The predicted octanol–water partition coefficient (Wildman–Crippen LogP) is 2.74. The molecule has 0 unspecified atom stereocenters. The van der Waals surface area contributed by atoms with Crippen LogP contribution in [-0.2, 0) is 17.8 Å². The Morgan fingerprint density at radius 3 is 2.42 bits per heavy atom. The number of benzene rings is 1. The fourth-order valence-electron chi connectivity index (χ4n) is 1.97. The van der Waals surface area contributed by atoms with Crippen molar-refractivity contribution >= 4 is 5.82 Å². The van der Waals surface area contributed by atoms with Crippen LogP contribution >= 0.6 is 0 Å². The van der Waals surface area contributed by atoms with Gasteiger partial charge >= 0.3 is 0 Å². The minimum Gasteiger partial charge on any atom is -0.383 e. The lowest BCUT2D eigenvalue weighted by Crippen LogP contribution is -2.04. The van der Waals surface area contributed by atoms with E-state index in [1.807, 2.05) is 31.2 Å². The number of hydrogen-bond donors (Lipinski definition) is 1. The highest BCUT2D eigenvalue weighted by Crippen LogP contribution is 2.21. The summed E-state index contributed by atoms with van der Waals surface area (Å²) in [6, 6.07) is 8.03. The maximum absolute atomic E-state index is 5.94. The number of aromatic nitrogens is 2. The lowest BCUT2D eigenvalue weighted by Gasteiger charge is -2.09. The van der Waals surface area contributed by atoms with E-state index in [1.54, 1.807) is 7.11 Å². The molecule has 1 aromatic carbocycles. The summed E-state index contributed by atoms with van der Waals surface area (Å²) in [6.07, 6.45) is 0.854. The van der Waals surface area contributed by atoms with Crippen LogP contribution in [0.5, 0.6) is 0 Å². The monoisotopic (exact) mass is 257 g/mol. The zero-order chi connectivity index (χ0) is 13.8. The zero-order valence-electron chi connectivity index (χ0n) is 11.6. The largest absolute Gasteiger partial charge is 0.383 e. The molecule has 0 radical (unpaired) electrons. The van der Waals surface area contributed by atoms with E-state index in [4.69, 9.17) is 10.5 Å². The van der Waals surface area contributed by atoms with Crippen molar-refractivity contribution in [3.8, 4) is 11.4 Å². The van der Waals surface area contributed by atoms with Gasteiger partial charge in [0.25, 0.3) is 0 Å². The highest BCUT2D eigenvalue weighted by Gasteiger charge is 2.08. The van der Waals surface area contributed by atoms with Gasteiger partial charge in [0.15, 0.2) is 5.82 Å². The van der Waals surface area contributed by atoms with E-state index in [-0.39, 0.29) is 0 Å². The van der Waals surface area contributed by atoms with Crippen molar-refractivity contribution < 1.29 is 4.74 Å². The first kappa shape index (κ1) is 13.5. The average Bonchev–Trinajstić information content (AvgIpc) is 2.43. The standard InChI is InChI=1S/C15H19N3O/c1-4-13-10(2)14(16)18-15(17-13)12-7-5-11(6-8-12)9-19-3/h5-8H,4,9H2,1-3H3,(H2,16,17,18). The molecule has 19 heavy (non-hydrogen) atoms. The predicted molar refractivity (Wildman–Crippen MR) is 76.7 cm³/mol. The molecular weight excluding hydrogens is 238 g/mol. The Labute approximate surface area is 113 Å². The fourth-order valence-corrected chi connectivity index (χ4v) is 1.97. The number of nitrogens with zero attached hydrogens (tertiary/aromatic N) is 2. The summed E-state index contributed by atoms with van der Waals surface area (Å²) in [7, 11) is 1.69. The van der Waals surface area contributed by atoms with Crippen LogP contribution in [0.2, 0.25) is 0 Å². The second kappa shape index (κ2) is 5.80. The van der Waals surface area contributed by atoms with Crippen LogP contribution in [0.3, 0.4) is 0 Å². The summed E-state index contributed by atoms with van der Waals surface area (Å²) < 4.78 is 5.09. The van der Waals surface area contributed by atoms with Gasteiger partial charge in [-0.05, 0) is 18.9 Å². The van der Waals surface area contributed by atoms with Crippen molar-refractivity contribution in [3.63, 3.8) is 0 Å². The van der Waals surface area contributed by atoms with Gasteiger partial charge in [0.1, 0.15) is 5.82 Å². The van der Waals surface area contributed by atoms with Gasteiger partial charge < -0.3 is 10.5 Å². The summed E-state index contributed by atoms with van der Waals surface area (Å²) >= 11 is 0. The van der Waals surface area contributed by atoms with Gasteiger partial charge in [-0.2, -0.15) is 0 Å². The van der Waals surface area contributed by atoms with Crippen molar-refractivity contribution in [3.05, 3.63) is 41.1 Å². The normalized spacial score (nSPS) is 10.7. The van der Waals surface area contributed by atoms with E-state index in [9.17, 15) is 0 Å². The third-order valence-electron chi connectivity index (χ3n) is 3.14. The maximum atomic E-state index is 5.94. The van der Waals surface area contributed by atoms with Gasteiger partial charge in [0, 0.05) is 23.9 Å². The van der Waals surface area contributed by atoms with Crippen LogP contribution in [0.4, 0.5) is 5.82 Å². The number of nitrogen functional groups attached to an aromatic ring is 1. The smallest absolute Gasteiger partial charge is 0.161 e. The van der Waals surface area contributed by atoms with Gasteiger partial charge in [-0.1, -0.05) is 31.2 Å². The topological polar surface area (TPSA) is 61.0 Å². The maximum Gasteiger partial charge on any atom is 0.161 e. The van der Waals surface area contributed by atoms with Crippen molar-refractivity contribution in [2.45, 2.75) is 26.9 Å². The Morgan fingerprint density at radius 1 is 1.16 bits per heavy atom. The summed E-state index contributed by atoms with van der Waals surface area (Å²) in [5.74, 6) is 1.24. The minimum absolute atomic E-state index is 0.558. The molecule has 1 aromatic heterocycles. The highest BCUT2D eigenvalue weighted by molar-refractivity contribution is 5.59. The summed E-state index contributed by atoms with van der Waals surface area (Å²) in [5.41, 5.74) is 10.0. The quantitative estimate of drug-likeness (QED) is 0.914. The molecule has 2 aromatic rings. The molecule has 0 spiro atoms. The van der Waals surface area contributed by atoms with Gasteiger partial charge in [-0.25, -0.2) is 9.97 Å². The molecule has 0 fully saturated rings. The molecule has 0 amide bonds. The molecule has 0 aliphatic rings. The summed E-state index contributed by atoms with van der Waals surface area (Å²) in [6.45, 7) is 4.64. The number of hydrogen-bond acceptors (Lipinski definition) is 4. The van der Waals surface area contributed by atoms with Crippen LogP contribution in [0, 0.1) is 6.92 Å². The first-order valence-corrected chi connectivity index (χ1v) is 6.37. The van der Waals surface area contributed by atoms with E-state index in [0.717, 1.165) is 28.8 Å². The molecule has 0 atom stereocenters. The third-order valence-corrected chi connectivity index (χ3v) is 3.14. The molecule has 2 rings (SSSR count). The molecule has 0 aliphatic heterocycles. The van der Waals surface area contributed by atoms with E-state index in [2.05, 4.69) is 16.9 Å². The fraction of sp³-hybridized carbons (Fsp3) is 0.333. The molecule has 4 nitrogen and oxygen atoms in total. The molecule has 2 N–H and O–H groups in total. The molecule has 0 saturated heterocycles. The second-order valence-electron chi connectivity index (χ2n) is 4.49. The average molecular weight is 257 g/mol. The van der Waals surface area contributed by atoms with E-state index in [1.165, 1.54) is 0 Å². The molecule has 1 heterocycles. The van der Waals surface area contributed by atoms with Crippen molar-refractivity contribution in [1.29, 1.82) is 0 Å². The van der Waals surface area contributed by atoms with Crippen LogP contribution in [0.1, 0.15) is 23.7 Å². The van der Waals surface area contributed by atoms with Gasteiger partial charge in [-0.15, -0.1) is 0 Å². The molecule has 0 aliphatic carbocycles. The van der Waals surface area contributed by atoms with Crippen molar-refractivity contribution in [2.24, 2.45) is 0 Å². The van der Waals surface area contributed by atoms with Crippen LogP contribution in [-0.4, -0.2) is 17.1 Å². The SMILES string of the molecule is CCc1nc(-c2ccc(COC)cc2)nc(N)c1C. The number of nitrogens with two attached hydrogens (primary N) is 1. The van der Waals surface area contributed by atoms with Crippen LogP contribution < -0.4 is 5.73 Å². The highest BCUT2D eigenvalue weighted by atomic mass is 16.5. The van der Waals surface area contributed by atoms with Crippen LogP contribution in [0.25, 0.3) is 11.4 Å². The van der Waals surface area contributed by atoms with Gasteiger partial charge in [0.2, 0.25) is 0 Å². The Kier molecular flexibility index (Phi) is 4.12. The Bertz CT molecular complexity index is 564. The first-order chi connectivity index (χ1) is 9.15. The molecular formula is C15H19N3O. The van der Waals surface area contributed by atoms with Crippen molar-refractivity contribution in [1.82, 2.24) is 9.97 Å². The van der Waals surface area contributed by atoms with Crippen LogP contribution in [0.15, 0.2) is 24.3 Å². The lowest BCUT2D eigenvalue weighted by molar-refractivity contribution is 0.185. The van der Waals surface area contributed by atoms with Gasteiger partial charge in [-0.3, -0.25) is 0 Å². The first-order valence-electron chi connectivity index (χ1n) is 6.37. The number of rotatable bonds is 4. The zero-order valence-corrected chi connectivity index (χ0v) is 11.6.